The minimum Gasteiger partial charge on any atom is -0.497 e. The zero-order valence-corrected chi connectivity index (χ0v) is 18.5. The molecule has 0 aromatic heterocycles. The van der Waals surface area contributed by atoms with E-state index in [4.69, 9.17) is 9.47 Å². The molecule has 1 aliphatic heterocycles. The summed E-state index contributed by atoms with van der Waals surface area (Å²) < 4.78 is 12.5. The number of ether oxygens (including phenoxy) is 2. The molecule has 1 fully saturated rings. The van der Waals surface area contributed by atoms with Gasteiger partial charge in [0.2, 0.25) is 12.3 Å². The summed E-state index contributed by atoms with van der Waals surface area (Å²) in [5.41, 5.74) is 5.12. The maximum absolute atomic E-state index is 13.0. The van der Waals surface area contributed by atoms with E-state index in [0.29, 0.717) is 17.9 Å². The number of hydrazone groups is 1. The van der Waals surface area contributed by atoms with Crippen LogP contribution in [-0.2, 0) is 4.79 Å². The second kappa shape index (κ2) is 9.99. The number of nitrogens with zero attached hydrogens (tertiary/aromatic N) is 1. The molecule has 1 aliphatic rings. The van der Waals surface area contributed by atoms with E-state index in [0.717, 1.165) is 16.9 Å². The Morgan fingerprint density at radius 3 is 2.30 bits per heavy atom. The highest BCUT2D eigenvalue weighted by atomic mass is 16.5. The van der Waals surface area contributed by atoms with Crippen molar-refractivity contribution < 1.29 is 23.7 Å². The van der Waals surface area contributed by atoms with E-state index in [2.05, 4.69) is 10.7 Å². The van der Waals surface area contributed by atoms with Crippen LogP contribution >= 0.6 is 0 Å². The van der Waals surface area contributed by atoms with Crippen LogP contribution in [0.4, 0.5) is 0 Å². The van der Waals surface area contributed by atoms with Gasteiger partial charge in [0.05, 0.1) is 13.7 Å². The molecule has 3 aromatic carbocycles. The third kappa shape index (κ3) is 5.03. The number of hydrazine groups is 1. The lowest BCUT2D eigenvalue weighted by Crippen LogP contribution is -2.42. The lowest BCUT2D eigenvalue weighted by molar-refractivity contribution is -0.596. The van der Waals surface area contributed by atoms with Crippen LogP contribution in [0.25, 0.3) is 0 Å². The molecule has 3 aromatic rings. The Bertz CT molecular complexity index is 1140. The number of carbonyl (C=O) groups excluding carboxylic acids is 2. The van der Waals surface area contributed by atoms with Crippen LogP contribution in [0.3, 0.4) is 0 Å². The highest BCUT2D eigenvalue weighted by Crippen LogP contribution is 2.27. The Labute approximate surface area is 192 Å². The highest BCUT2D eigenvalue weighted by molar-refractivity contribution is 5.98. The van der Waals surface area contributed by atoms with E-state index in [1.54, 1.807) is 36.1 Å². The molecular formula is C26H26N3O4+. The minimum atomic E-state index is -0.787. The number of rotatable bonds is 7. The number of benzene rings is 3. The number of methoxy groups -OCH3 is 1. The van der Waals surface area contributed by atoms with Crippen LogP contribution in [-0.4, -0.2) is 42.5 Å². The first-order chi connectivity index (χ1) is 16.1. The van der Waals surface area contributed by atoms with Gasteiger partial charge in [-0.15, -0.1) is 10.1 Å². The summed E-state index contributed by atoms with van der Waals surface area (Å²) in [6, 6.07) is 22.7. The summed E-state index contributed by atoms with van der Waals surface area (Å²) in [6.07, 6.45) is 1.84. The molecule has 33 heavy (non-hydrogen) atoms. The lowest BCUT2D eigenvalue weighted by Gasteiger charge is -2.15. The van der Waals surface area contributed by atoms with E-state index >= 15 is 0 Å². The Morgan fingerprint density at radius 2 is 1.67 bits per heavy atom. The predicted molar refractivity (Wildman–Crippen MR) is 125 cm³/mol. The van der Waals surface area contributed by atoms with E-state index in [1.807, 2.05) is 67.7 Å². The molecular weight excluding hydrogens is 418 g/mol. The maximum Gasteiger partial charge on any atom is 0.304 e. The molecule has 0 spiro atoms. The largest absolute Gasteiger partial charge is 0.497 e. The average molecular weight is 445 g/mol. The summed E-state index contributed by atoms with van der Waals surface area (Å²) in [5, 5.41) is 2.90. The van der Waals surface area contributed by atoms with E-state index < -0.39 is 12.1 Å². The van der Waals surface area contributed by atoms with Crippen LogP contribution in [0, 0.1) is 0 Å². The smallest absolute Gasteiger partial charge is 0.304 e. The van der Waals surface area contributed by atoms with Crippen molar-refractivity contribution >= 4 is 18.0 Å². The number of carbonyl (C=O) groups is 2. The Morgan fingerprint density at radius 1 is 1.00 bits per heavy atom. The minimum absolute atomic E-state index is 0.290. The summed E-state index contributed by atoms with van der Waals surface area (Å²) in [7, 11) is 1.60. The van der Waals surface area contributed by atoms with Crippen molar-refractivity contribution in [2.45, 2.75) is 19.0 Å². The topological polar surface area (TPSA) is 79.7 Å². The van der Waals surface area contributed by atoms with Crippen molar-refractivity contribution in [2.24, 2.45) is 0 Å². The quantitative estimate of drug-likeness (QED) is 0.549. The van der Waals surface area contributed by atoms with Gasteiger partial charge in [0, 0.05) is 16.7 Å². The van der Waals surface area contributed by atoms with Gasteiger partial charge in [-0.3, -0.25) is 9.59 Å². The molecule has 7 nitrogen and oxygen atoms in total. The van der Waals surface area contributed by atoms with Gasteiger partial charge in [-0.2, -0.15) is 0 Å². The Kier molecular flexibility index (Phi) is 6.69. The third-order valence-corrected chi connectivity index (χ3v) is 5.40. The SMILES string of the molecule is CCOc1ccc(/C=[N+]2\NC(=O)[C@@H](NC(=O)c3ccccc3)[C@@H]2c2ccc(OC)cc2)cc1. The molecule has 2 N–H and O–H groups in total. The lowest BCUT2D eigenvalue weighted by atomic mass is 9.99. The van der Waals surface area contributed by atoms with Crippen LogP contribution in [0.1, 0.15) is 34.5 Å². The van der Waals surface area contributed by atoms with Crippen molar-refractivity contribution in [2.75, 3.05) is 13.7 Å². The van der Waals surface area contributed by atoms with E-state index in [9.17, 15) is 9.59 Å². The van der Waals surface area contributed by atoms with Gasteiger partial charge in [-0.25, -0.2) is 0 Å². The number of hydrogen-bond donors (Lipinski definition) is 2. The Balaban J connectivity index is 1.67. The van der Waals surface area contributed by atoms with Crippen molar-refractivity contribution in [3.8, 4) is 11.5 Å². The van der Waals surface area contributed by atoms with Crippen molar-refractivity contribution in [1.29, 1.82) is 0 Å². The summed E-state index contributed by atoms with van der Waals surface area (Å²) in [5.74, 6) is 0.891. The zero-order valence-electron chi connectivity index (χ0n) is 18.5. The summed E-state index contributed by atoms with van der Waals surface area (Å²) in [6.45, 7) is 2.52. The summed E-state index contributed by atoms with van der Waals surface area (Å²) >= 11 is 0. The van der Waals surface area contributed by atoms with Gasteiger partial charge < -0.3 is 14.8 Å². The Hall–Kier alpha value is -4.13. The van der Waals surface area contributed by atoms with Crippen LogP contribution in [0.15, 0.2) is 78.9 Å². The van der Waals surface area contributed by atoms with Crippen LogP contribution in [0.2, 0.25) is 0 Å². The van der Waals surface area contributed by atoms with E-state index in [-0.39, 0.29) is 11.8 Å². The second-order valence-corrected chi connectivity index (χ2v) is 7.55. The second-order valence-electron chi connectivity index (χ2n) is 7.55. The molecule has 168 valence electrons. The monoisotopic (exact) mass is 444 g/mol. The first kappa shape index (κ1) is 22.1. The maximum atomic E-state index is 13.0. The fraction of sp³-hybridized carbons (Fsp3) is 0.192. The first-order valence-electron chi connectivity index (χ1n) is 10.8. The molecule has 2 amide bonds. The fourth-order valence-corrected chi connectivity index (χ4v) is 3.77. The number of nitrogens with one attached hydrogen (secondary N) is 2. The predicted octanol–water partition coefficient (Wildman–Crippen LogP) is 3.11. The van der Waals surface area contributed by atoms with Gasteiger partial charge in [-0.1, -0.05) is 18.2 Å². The summed E-state index contributed by atoms with van der Waals surface area (Å²) in [4.78, 5) is 25.8. The van der Waals surface area contributed by atoms with Crippen molar-refractivity contribution in [3.63, 3.8) is 0 Å². The third-order valence-electron chi connectivity index (χ3n) is 5.40. The van der Waals surface area contributed by atoms with Gasteiger partial charge >= 0.3 is 5.91 Å². The highest BCUT2D eigenvalue weighted by Gasteiger charge is 2.47. The average Bonchev–Trinajstić information content (AvgIpc) is 3.15. The molecule has 0 radical (unpaired) electrons. The number of amides is 2. The first-order valence-corrected chi connectivity index (χ1v) is 10.8. The molecule has 1 saturated heterocycles. The zero-order chi connectivity index (χ0) is 23.2. The van der Waals surface area contributed by atoms with Gasteiger partial charge in [0.25, 0.3) is 5.91 Å². The molecule has 1 heterocycles. The standard InChI is InChI=1S/C26H25N3O4/c1-3-33-22-13-9-18(10-14-22)17-29-24(19-11-15-21(32-2)16-12-19)23(26(31)28-29)27-25(30)20-7-5-4-6-8-20/h4-17,23-24H,3H2,1-2H3,(H-,27,28,30,31)/p+1/b29-17-/t23-,24-/m0/s1. The molecule has 0 saturated carbocycles. The van der Waals surface area contributed by atoms with Crippen molar-refractivity contribution in [1.82, 2.24) is 10.7 Å². The molecule has 0 unspecified atom stereocenters. The number of hydrogen-bond acceptors (Lipinski definition) is 4. The molecule has 0 aliphatic carbocycles. The molecule has 0 bridgehead atoms. The molecule has 4 rings (SSSR count). The van der Waals surface area contributed by atoms with Gasteiger partial charge in [0.1, 0.15) is 11.5 Å². The van der Waals surface area contributed by atoms with Crippen LogP contribution in [0.5, 0.6) is 11.5 Å². The van der Waals surface area contributed by atoms with Gasteiger partial charge in [0.15, 0.2) is 6.04 Å². The van der Waals surface area contributed by atoms with Crippen molar-refractivity contribution in [3.05, 3.63) is 95.6 Å². The molecule has 2 atom stereocenters. The normalized spacial score (nSPS) is 18.6. The van der Waals surface area contributed by atoms with Crippen LogP contribution < -0.4 is 20.2 Å². The molecule has 7 heteroatoms. The van der Waals surface area contributed by atoms with Gasteiger partial charge in [-0.05, 0) is 67.6 Å². The fourth-order valence-electron chi connectivity index (χ4n) is 3.77. The van der Waals surface area contributed by atoms with E-state index in [1.165, 1.54) is 0 Å².